The number of nitro benzene ring substituents is 1. The number of carbonyl (C=O) groups is 1. The summed E-state index contributed by atoms with van der Waals surface area (Å²) in [6, 6.07) is 11.8. The Kier molecular flexibility index (Phi) is 6.05. The van der Waals surface area contributed by atoms with Gasteiger partial charge in [0.2, 0.25) is 0 Å². The van der Waals surface area contributed by atoms with Gasteiger partial charge in [0.05, 0.1) is 17.1 Å². The number of nitrogens with zero attached hydrogens (tertiary/aromatic N) is 4. The van der Waals surface area contributed by atoms with Crippen molar-refractivity contribution in [2.75, 3.05) is 6.61 Å². The van der Waals surface area contributed by atoms with Gasteiger partial charge in [-0.1, -0.05) is 12.1 Å². The van der Waals surface area contributed by atoms with Crippen molar-refractivity contribution in [2.45, 2.75) is 30.4 Å². The van der Waals surface area contributed by atoms with Crippen LogP contribution in [0, 0.1) is 10.1 Å². The summed E-state index contributed by atoms with van der Waals surface area (Å²) in [5.41, 5.74) is 0.931. The number of aldehydes is 1. The third-order valence-corrected chi connectivity index (χ3v) is 5.07. The predicted octanol–water partition coefficient (Wildman–Crippen LogP) is 4.24. The SMILES string of the molecule is CCOc1ccccc1-c1nnc(Sc2ccc([N+](=O)[O-])cc2C=O)n1CC. The summed E-state index contributed by atoms with van der Waals surface area (Å²) in [7, 11) is 0. The largest absolute Gasteiger partial charge is 0.493 e. The molecule has 0 saturated heterocycles. The molecule has 0 bridgehead atoms. The molecule has 2 aromatic carbocycles. The zero-order valence-corrected chi connectivity index (χ0v) is 16.2. The number of rotatable bonds is 8. The van der Waals surface area contributed by atoms with Crippen molar-refractivity contribution in [1.29, 1.82) is 0 Å². The maximum Gasteiger partial charge on any atom is 0.270 e. The van der Waals surface area contributed by atoms with E-state index < -0.39 is 4.92 Å². The molecule has 28 heavy (non-hydrogen) atoms. The second-order valence-corrected chi connectivity index (χ2v) is 6.69. The highest BCUT2D eigenvalue weighted by Crippen LogP contribution is 2.35. The lowest BCUT2D eigenvalue weighted by atomic mass is 10.2. The molecule has 1 aromatic heterocycles. The van der Waals surface area contributed by atoms with Crippen molar-refractivity contribution < 1.29 is 14.5 Å². The number of hydrogen-bond donors (Lipinski definition) is 0. The fourth-order valence-electron chi connectivity index (χ4n) is 2.71. The van der Waals surface area contributed by atoms with Gasteiger partial charge in [0, 0.05) is 29.1 Å². The molecule has 144 valence electrons. The second kappa shape index (κ2) is 8.66. The third kappa shape index (κ3) is 3.89. The number of para-hydroxylation sites is 1. The molecule has 8 nitrogen and oxygen atoms in total. The summed E-state index contributed by atoms with van der Waals surface area (Å²) in [6.07, 6.45) is 0.604. The fourth-order valence-corrected chi connectivity index (χ4v) is 3.68. The molecule has 1 heterocycles. The van der Waals surface area contributed by atoms with Crippen LogP contribution in [0.25, 0.3) is 11.4 Å². The van der Waals surface area contributed by atoms with Crippen molar-refractivity contribution >= 4 is 23.7 Å². The van der Waals surface area contributed by atoms with E-state index in [1.807, 2.05) is 42.7 Å². The standard InChI is InChI=1S/C19H18N4O4S/c1-3-22-18(15-7-5-6-8-16(15)27-4-2)20-21-19(22)28-17-10-9-14(23(25)26)11-13(17)12-24/h5-12H,3-4H2,1-2H3. The van der Waals surface area contributed by atoms with Crippen molar-refractivity contribution in [3.05, 3.63) is 58.1 Å². The number of ether oxygens (including phenoxy) is 1. The minimum atomic E-state index is -0.529. The molecular formula is C19H18N4O4S. The zero-order chi connectivity index (χ0) is 20.1. The van der Waals surface area contributed by atoms with Gasteiger partial charge in [-0.2, -0.15) is 0 Å². The summed E-state index contributed by atoms with van der Waals surface area (Å²) in [5.74, 6) is 1.37. The monoisotopic (exact) mass is 398 g/mol. The second-order valence-electron chi connectivity index (χ2n) is 5.68. The van der Waals surface area contributed by atoms with Crippen LogP contribution in [0.4, 0.5) is 5.69 Å². The van der Waals surface area contributed by atoms with E-state index in [0.29, 0.717) is 41.1 Å². The van der Waals surface area contributed by atoms with E-state index in [1.165, 1.54) is 23.9 Å². The molecule has 0 radical (unpaired) electrons. The van der Waals surface area contributed by atoms with E-state index in [-0.39, 0.29) is 11.3 Å². The van der Waals surface area contributed by atoms with Gasteiger partial charge in [0.1, 0.15) is 5.75 Å². The lowest BCUT2D eigenvalue weighted by Gasteiger charge is -2.11. The molecule has 3 rings (SSSR count). The lowest BCUT2D eigenvalue weighted by Crippen LogP contribution is -2.02. The molecule has 0 aliphatic rings. The van der Waals surface area contributed by atoms with Gasteiger partial charge in [-0.25, -0.2) is 0 Å². The van der Waals surface area contributed by atoms with Crippen LogP contribution in [-0.2, 0) is 6.54 Å². The molecule has 0 aliphatic carbocycles. The smallest absolute Gasteiger partial charge is 0.270 e. The zero-order valence-electron chi connectivity index (χ0n) is 15.4. The molecule has 0 atom stereocenters. The molecule has 3 aromatic rings. The molecule has 9 heteroatoms. The van der Waals surface area contributed by atoms with Gasteiger partial charge in [-0.3, -0.25) is 14.9 Å². The van der Waals surface area contributed by atoms with E-state index in [4.69, 9.17) is 4.74 Å². The Bertz CT molecular complexity index is 1020. The molecule has 0 unspecified atom stereocenters. The third-order valence-electron chi connectivity index (χ3n) is 3.99. The van der Waals surface area contributed by atoms with E-state index >= 15 is 0 Å². The van der Waals surface area contributed by atoms with Crippen LogP contribution in [0.15, 0.2) is 52.5 Å². The Hall–Kier alpha value is -3.20. The summed E-state index contributed by atoms with van der Waals surface area (Å²) in [6.45, 7) is 5.02. The minimum Gasteiger partial charge on any atom is -0.493 e. The van der Waals surface area contributed by atoms with E-state index in [1.54, 1.807) is 6.07 Å². The quantitative estimate of drug-likeness (QED) is 0.318. The van der Waals surface area contributed by atoms with Gasteiger partial charge in [0.15, 0.2) is 17.3 Å². The number of carbonyl (C=O) groups excluding carboxylic acids is 1. The molecule has 0 N–H and O–H groups in total. The van der Waals surface area contributed by atoms with E-state index in [9.17, 15) is 14.9 Å². The lowest BCUT2D eigenvalue weighted by molar-refractivity contribution is -0.384. The first-order valence-electron chi connectivity index (χ1n) is 8.65. The van der Waals surface area contributed by atoms with Crippen LogP contribution in [0.3, 0.4) is 0 Å². The van der Waals surface area contributed by atoms with E-state index in [2.05, 4.69) is 10.2 Å². The van der Waals surface area contributed by atoms with Crippen molar-refractivity contribution in [3.8, 4) is 17.1 Å². The van der Waals surface area contributed by atoms with Crippen molar-refractivity contribution in [1.82, 2.24) is 14.8 Å². The Balaban J connectivity index is 2.00. The van der Waals surface area contributed by atoms with Crippen molar-refractivity contribution in [2.24, 2.45) is 0 Å². The number of hydrogen-bond acceptors (Lipinski definition) is 7. The van der Waals surface area contributed by atoms with Crippen molar-refractivity contribution in [3.63, 3.8) is 0 Å². The van der Waals surface area contributed by atoms with Crippen LogP contribution in [0.1, 0.15) is 24.2 Å². The highest BCUT2D eigenvalue weighted by molar-refractivity contribution is 7.99. The Morgan fingerprint density at radius 2 is 2.00 bits per heavy atom. The highest BCUT2D eigenvalue weighted by Gasteiger charge is 2.19. The predicted molar refractivity (Wildman–Crippen MR) is 105 cm³/mol. The molecule has 0 spiro atoms. The molecule has 0 saturated carbocycles. The molecule has 0 amide bonds. The minimum absolute atomic E-state index is 0.130. The maximum absolute atomic E-state index is 11.4. The summed E-state index contributed by atoms with van der Waals surface area (Å²) in [4.78, 5) is 22.4. The van der Waals surface area contributed by atoms with Crippen LogP contribution in [0.5, 0.6) is 5.75 Å². The number of aromatic nitrogens is 3. The first-order valence-corrected chi connectivity index (χ1v) is 9.47. The maximum atomic E-state index is 11.4. The molecule has 0 aliphatic heterocycles. The first kappa shape index (κ1) is 19.6. The Morgan fingerprint density at radius 3 is 2.68 bits per heavy atom. The average Bonchev–Trinajstić information content (AvgIpc) is 3.11. The topological polar surface area (TPSA) is 100 Å². The Labute approximate surface area is 165 Å². The normalized spacial score (nSPS) is 10.6. The summed E-state index contributed by atoms with van der Waals surface area (Å²) < 4.78 is 7.61. The number of benzene rings is 2. The van der Waals surface area contributed by atoms with Gasteiger partial charge in [-0.05, 0) is 43.8 Å². The van der Waals surface area contributed by atoms with Gasteiger partial charge < -0.3 is 9.30 Å². The summed E-state index contributed by atoms with van der Waals surface area (Å²) >= 11 is 1.24. The first-order chi connectivity index (χ1) is 13.6. The average molecular weight is 398 g/mol. The van der Waals surface area contributed by atoms with E-state index in [0.717, 1.165) is 5.56 Å². The highest BCUT2D eigenvalue weighted by atomic mass is 32.2. The van der Waals surface area contributed by atoms with Crippen LogP contribution >= 0.6 is 11.8 Å². The Morgan fingerprint density at radius 1 is 1.21 bits per heavy atom. The fraction of sp³-hybridized carbons (Fsp3) is 0.211. The summed E-state index contributed by atoms with van der Waals surface area (Å²) in [5, 5.41) is 20.1. The van der Waals surface area contributed by atoms with Crippen LogP contribution in [0.2, 0.25) is 0 Å². The van der Waals surface area contributed by atoms with Gasteiger partial charge in [0.25, 0.3) is 5.69 Å². The molecule has 0 fully saturated rings. The van der Waals surface area contributed by atoms with Crippen LogP contribution < -0.4 is 4.74 Å². The van der Waals surface area contributed by atoms with Gasteiger partial charge in [-0.15, -0.1) is 10.2 Å². The number of nitro groups is 1. The number of non-ortho nitro benzene ring substituents is 1. The molecular weight excluding hydrogens is 380 g/mol. The van der Waals surface area contributed by atoms with Gasteiger partial charge >= 0.3 is 0 Å². The van der Waals surface area contributed by atoms with Crippen LogP contribution in [-0.4, -0.2) is 32.6 Å².